The van der Waals surface area contributed by atoms with E-state index in [1.807, 2.05) is 4.90 Å². The van der Waals surface area contributed by atoms with Gasteiger partial charge in [0, 0.05) is 12.6 Å². The maximum atomic E-state index is 12.3. The number of hydrogen-bond acceptors (Lipinski definition) is 3. The van der Waals surface area contributed by atoms with Crippen molar-refractivity contribution in [2.24, 2.45) is 5.73 Å². The Morgan fingerprint density at radius 3 is 2.71 bits per heavy atom. The minimum Gasteiger partial charge on any atom is -0.507 e. The van der Waals surface area contributed by atoms with Gasteiger partial charge in [-0.15, -0.1) is 0 Å². The van der Waals surface area contributed by atoms with Crippen molar-refractivity contribution < 1.29 is 9.90 Å². The minimum absolute atomic E-state index is 0.0518. The summed E-state index contributed by atoms with van der Waals surface area (Å²) in [5, 5.41) is 9.69. The third kappa shape index (κ3) is 2.77. The number of rotatable bonds is 5. The lowest BCUT2D eigenvalue weighted by atomic mass is 10.1. The fraction of sp³-hybridized carbons (Fsp3) is 0.462. The first-order valence-corrected chi connectivity index (χ1v) is 6.03. The van der Waals surface area contributed by atoms with Crippen molar-refractivity contribution in [3.8, 4) is 5.75 Å². The van der Waals surface area contributed by atoms with E-state index >= 15 is 0 Å². The zero-order chi connectivity index (χ0) is 12.3. The maximum absolute atomic E-state index is 12.3. The Bertz CT molecular complexity index is 402. The van der Waals surface area contributed by atoms with E-state index in [2.05, 4.69) is 0 Å². The van der Waals surface area contributed by atoms with Gasteiger partial charge in [0.15, 0.2) is 0 Å². The zero-order valence-electron chi connectivity index (χ0n) is 9.80. The highest BCUT2D eigenvalue weighted by atomic mass is 16.3. The van der Waals surface area contributed by atoms with E-state index < -0.39 is 0 Å². The summed E-state index contributed by atoms with van der Waals surface area (Å²) in [4.78, 5) is 14.1. The number of hydrogen-bond donors (Lipinski definition) is 2. The minimum atomic E-state index is -0.0842. The molecule has 2 rings (SSSR count). The van der Waals surface area contributed by atoms with Gasteiger partial charge in [0.25, 0.3) is 5.91 Å². The van der Waals surface area contributed by atoms with E-state index in [0.29, 0.717) is 24.7 Å². The third-order valence-electron chi connectivity index (χ3n) is 2.99. The van der Waals surface area contributed by atoms with Crippen LogP contribution in [-0.4, -0.2) is 35.0 Å². The van der Waals surface area contributed by atoms with E-state index in [0.717, 1.165) is 19.3 Å². The monoisotopic (exact) mass is 234 g/mol. The first-order chi connectivity index (χ1) is 8.24. The van der Waals surface area contributed by atoms with Crippen molar-refractivity contribution in [1.82, 2.24) is 4.90 Å². The molecule has 0 unspecified atom stereocenters. The average Bonchev–Trinajstić information content (AvgIpc) is 3.14. The molecule has 0 heterocycles. The number of phenols is 1. The van der Waals surface area contributed by atoms with Crippen LogP contribution in [0.25, 0.3) is 0 Å². The van der Waals surface area contributed by atoms with Crippen LogP contribution in [0, 0.1) is 0 Å². The summed E-state index contributed by atoms with van der Waals surface area (Å²) >= 11 is 0. The Morgan fingerprint density at radius 1 is 1.41 bits per heavy atom. The molecule has 0 atom stereocenters. The fourth-order valence-corrected chi connectivity index (χ4v) is 1.91. The van der Waals surface area contributed by atoms with Crippen molar-refractivity contribution >= 4 is 5.91 Å². The van der Waals surface area contributed by atoms with E-state index in [1.165, 1.54) is 0 Å². The van der Waals surface area contributed by atoms with E-state index in [-0.39, 0.29) is 11.7 Å². The van der Waals surface area contributed by atoms with Crippen molar-refractivity contribution in [3.05, 3.63) is 29.8 Å². The van der Waals surface area contributed by atoms with Gasteiger partial charge in [-0.05, 0) is 37.9 Å². The summed E-state index contributed by atoms with van der Waals surface area (Å²) in [5.74, 6) is -0.0325. The molecule has 1 aromatic carbocycles. The van der Waals surface area contributed by atoms with Gasteiger partial charge in [-0.25, -0.2) is 0 Å². The fourth-order valence-electron chi connectivity index (χ4n) is 1.91. The van der Waals surface area contributed by atoms with Gasteiger partial charge in [-0.3, -0.25) is 4.79 Å². The molecular weight excluding hydrogens is 216 g/mol. The number of amides is 1. The topological polar surface area (TPSA) is 66.6 Å². The second-order valence-corrected chi connectivity index (χ2v) is 4.39. The van der Waals surface area contributed by atoms with Gasteiger partial charge in [0.05, 0.1) is 5.56 Å². The molecule has 1 aliphatic carbocycles. The van der Waals surface area contributed by atoms with Crippen molar-refractivity contribution in [1.29, 1.82) is 0 Å². The first kappa shape index (κ1) is 11.9. The highest BCUT2D eigenvalue weighted by Gasteiger charge is 2.33. The van der Waals surface area contributed by atoms with Crippen LogP contribution in [0.3, 0.4) is 0 Å². The molecule has 1 aliphatic rings. The van der Waals surface area contributed by atoms with Crippen molar-refractivity contribution in [3.63, 3.8) is 0 Å². The van der Waals surface area contributed by atoms with Gasteiger partial charge in [-0.2, -0.15) is 0 Å². The summed E-state index contributed by atoms with van der Waals surface area (Å²) in [6.07, 6.45) is 2.92. The number of carbonyl (C=O) groups is 1. The van der Waals surface area contributed by atoms with E-state index in [1.54, 1.807) is 24.3 Å². The molecule has 0 radical (unpaired) electrons. The van der Waals surface area contributed by atoms with Crippen LogP contribution < -0.4 is 5.73 Å². The van der Waals surface area contributed by atoms with Gasteiger partial charge >= 0.3 is 0 Å². The van der Waals surface area contributed by atoms with Gasteiger partial charge in [0.2, 0.25) is 0 Å². The molecule has 1 saturated carbocycles. The van der Waals surface area contributed by atoms with Crippen LogP contribution in [0.5, 0.6) is 5.75 Å². The number of nitrogens with two attached hydrogens (primary N) is 1. The second kappa shape index (κ2) is 5.19. The second-order valence-electron chi connectivity index (χ2n) is 4.39. The Labute approximate surface area is 101 Å². The highest BCUT2D eigenvalue weighted by Crippen LogP contribution is 2.29. The summed E-state index contributed by atoms with van der Waals surface area (Å²) in [5.41, 5.74) is 5.86. The average molecular weight is 234 g/mol. The van der Waals surface area contributed by atoms with Crippen LogP contribution in [-0.2, 0) is 0 Å². The molecule has 0 aliphatic heterocycles. The van der Waals surface area contributed by atoms with Crippen LogP contribution in [0.4, 0.5) is 0 Å². The Morgan fingerprint density at radius 2 is 2.12 bits per heavy atom. The summed E-state index contributed by atoms with van der Waals surface area (Å²) < 4.78 is 0. The quantitative estimate of drug-likeness (QED) is 0.808. The number of benzene rings is 1. The van der Waals surface area contributed by atoms with Crippen LogP contribution in [0.15, 0.2) is 24.3 Å². The molecular formula is C13H18N2O2. The molecule has 0 aromatic heterocycles. The van der Waals surface area contributed by atoms with Gasteiger partial charge in [0.1, 0.15) is 5.75 Å². The molecule has 1 amide bonds. The maximum Gasteiger partial charge on any atom is 0.257 e. The van der Waals surface area contributed by atoms with Gasteiger partial charge < -0.3 is 15.7 Å². The van der Waals surface area contributed by atoms with Crippen LogP contribution >= 0.6 is 0 Å². The molecule has 1 aromatic rings. The van der Waals surface area contributed by atoms with Crippen molar-refractivity contribution in [2.45, 2.75) is 25.3 Å². The number of para-hydroxylation sites is 1. The summed E-state index contributed by atoms with van der Waals surface area (Å²) in [6.45, 7) is 1.26. The number of carbonyl (C=O) groups excluding carboxylic acids is 1. The zero-order valence-corrected chi connectivity index (χ0v) is 9.80. The highest BCUT2D eigenvalue weighted by molar-refractivity contribution is 5.97. The lowest BCUT2D eigenvalue weighted by Crippen LogP contribution is -2.34. The molecule has 92 valence electrons. The molecule has 1 fully saturated rings. The molecule has 17 heavy (non-hydrogen) atoms. The Kier molecular flexibility index (Phi) is 3.64. The molecule has 0 bridgehead atoms. The summed E-state index contributed by atoms with van der Waals surface area (Å²) in [6, 6.07) is 7.03. The van der Waals surface area contributed by atoms with Crippen LogP contribution in [0.2, 0.25) is 0 Å². The standard InChI is InChI=1S/C13H18N2O2/c14-8-3-9-15(10-6-7-10)13(17)11-4-1-2-5-12(11)16/h1-2,4-5,10,16H,3,6-9,14H2. The predicted octanol–water partition coefficient (Wildman–Crippen LogP) is 1.35. The predicted molar refractivity (Wildman–Crippen MR) is 65.8 cm³/mol. The molecule has 4 nitrogen and oxygen atoms in total. The SMILES string of the molecule is NCCCN(C(=O)c1ccccc1O)C1CC1. The van der Waals surface area contributed by atoms with E-state index in [4.69, 9.17) is 5.73 Å². The lowest BCUT2D eigenvalue weighted by molar-refractivity contribution is 0.0739. The smallest absolute Gasteiger partial charge is 0.257 e. The van der Waals surface area contributed by atoms with E-state index in [9.17, 15) is 9.90 Å². The molecule has 3 N–H and O–H groups in total. The number of nitrogens with zero attached hydrogens (tertiary/aromatic N) is 1. The number of phenolic OH excluding ortho intramolecular Hbond substituents is 1. The molecule has 4 heteroatoms. The Hall–Kier alpha value is -1.55. The summed E-state index contributed by atoms with van der Waals surface area (Å²) in [7, 11) is 0. The normalized spacial score (nSPS) is 14.6. The Balaban J connectivity index is 2.13. The van der Waals surface area contributed by atoms with Crippen LogP contribution in [0.1, 0.15) is 29.6 Å². The largest absolute Gasteiger partial charge is 0.507 e. The first-order valence-electron chi connectivity index (χ1n) is 6.03. The van der Waals surface area contributed by atoms with Crippen molar-refractivity contribution in [2.75, 3.05) is 13.1 Å². The third-order valence-corrected chi connectivity index (χ3v) is 2.99. The van der Waals surface area contributed by atoms with Gasteiger partial charge in [-0.1, -0.05) is 12.1 Å². The number of aromatic hydroxyl groups is 1. The lowest BCUT2D eigenvalue weighted by Gasteiger charge is -2.22. The molecule has 0 spiro atoms. The molecule has 0 saturated heterocycles.